The van der Waals surface area contributed by atoms with E-state index in [1.807, 2.05) is 12.1 Å². The third-order valence-electron chi connectivity index (χ3n) is 5.25. The van der Waals surface area contributed by atoms with Gasteiger partial charge in [0.1, 0.15) is 5.56 Å². The summed E-state index contributed by atoms with van der Waals surface area (Å²) in [6.07, 6.45) is 1.54. The number of carbonyl (C=O) groups is 1. The van der Waals surface area contributed by atoms with Gasteiger partial charge in [-0.1, -0.05) is 60.7 Å². The summed E-state index contributed by atoms with van der Waals surface area (Å²) in [6, 6.07) is 24.3. The second-order valence-electron chi connectivity index (χ2n) is 6.96. The molecule has 5 heteroatoms. The predicted molar refractivity (Wildman–Crippen MR) is 109 cm³/mol. The molecule has 1 amide bonds. The summed E-state index contributed by atoms with van der Waals surface area (Å²) in [4.78, 5) is 31.4. The highest BCUT2D eigenvalue weighted by Gasteiger charge is 2.29. The lowest BCUT2D eigenvalue weighted by Crippen LogP contribution is -2.50. The molecule has 1 aliphatic heterocycles. The van der Waals surface area contributed by atoms with Gasteiger partial charge in [0.05, 0.1) is 6.04 Å². The van der Waals surface area contributed by atoms with E-state index in [2.05, 4.69) is 58.4 Å². The number of carbonyl (C=O) groups excluding carboxylic acids is 1. The lowest BCUT2D eigenvalue weighted by atomic mass is 9.96. The number of rotatable bonds is 4. The molecule has 0 saturated carbocycles. The SMILES string of the molecule is O=C(c1ccc[nH]c1=O)N1CCN(C(c2ccccc2)c2ccccc2)CC1. The number of benzene rings is 2. The largest absolute Gasteiger partial charge is 0.336 e. The van der Waals surface area contributed by atoms with Gasteiger partial charge in [-0.3, -0.25) is 14.5 Å². The van der Waals surface area contributed by atoms with Crippen molar-refractivity contribution in [1.29, 1.82) is 0 Å². The Labute approximate surface area is 164 Å². The molecule has 0 atom stereocenters. The van der Waals surface area contributed by atoms with Gasteiger partial charge in [-0.25, -0.2) is 0 Å². The lowest BCUT2D eigenvalue weighted by molar-refractivity contribution is 0.0595. The topological polar surface area (TPSA) is 56.4 Å². The standard InChI is InChI=1S/C23H23N3O2/c27-22-20(12-7-13-24-22)23(28)26-16-14-25(15-17-26)21(18-8-3-1-4-9-18)19-10-5-2-6-11-19/h1-13,21H,14-17H2,(H,24,27). The first-order chi connectivity index (χ1) is 13.7. The van der Waals surface area contributed by atoms with Crippen LogP contribution in [0.2, 0.25) is 0 Å². The van der Waals surface area contributed by atoms with Gasteiger partial charge in [-0.2, -0.15) is 0 Å². The van der Waals surface area contributed by atoms with Crippen molar-refractivity contribution in [2.75, 3.05) is 26.2 Å². The summed E-state index contributed by atoms with van der Waals surface area (Å²) in [6.45, 7) is 2.71. The van der Waals surface area contributed by atoms with Crippen LogP contribution >= 0.6 is 0 Å². The number of pyridine rings is 1. The van der Waals surface area contributed by atoms with Crippen molar-refractivity contribution in [3.05, 3.63) is 106 Å². The van der Waals surface area contributed by atoms with Crippen molar-refractivity contribution in [2.45, 2.75) is 6.04 Å². The summed E-state index contributed by atoms with van der Waals surface area (Å²) < 4.78 is 0. The Bertz CT molecular complexity index is 938. The molecule has 4 rings (SSSR count). The molecule has 1 aromatic heterocycles. The third-order valence-corrected chi connectivity index (χ3v) is 5.25. The van der Waals surface area contributed by atoms with Crippen LogP contribution in [0.4, 0.5) is 0 Å². The van der Waals surface area contributed by atoms with Crippen molar-refractivity contribution in [3.63, 3.8) is 0 Å². The molecule has 0 unspecified atom stereocenters. The summed E-state index contributed by atoms with van der Waals surface area (Å²) in [5.74, 6) is -0.197. The van der Waals surface area contributed by atoms with Gasteiger partial charge in [-0.05, 0) is 23.3 Å². The van der Waals surface area contributed by atoms with Crippen LogP contribution in [0.5, 0.6) is 0 Å². The van der Waals surface area contributed by atoms with Crippen LogP contribution in [0, 0.1) is 0 Å². The fraction of sp³-hybridized carbons (Fsp3) is 0.217. The van der Waals surface area contributed by atoms with E-state index in [1.54, 1.807) is 23.2 Å². The molecular formula is C23H23N3O2. The fourth-order valence-corrected chi connectivity index (χ4v) is 3.83. The summed E-state index contributed by atoms with van der Waals surface area (Å²) in [7, 11) is 0. The Hall–Kier alpha value is -3.18. The Morgan fingerprint density at radius 2 is 1.36 bits per heavy atom. The number of nitrogens with zero attached hydrogens (tertiary/aromatic N) is 2. The van der Waals surface area contributed by atoms with Crippen LogP contribution in [-0.4, -0.2) is 46.9 Å². The minimum Gasteiger partial charge on any atom is -0.336 e. The first-order valence-corrected chi connectivity index (χ1v) is 9.55. The minimum atomic E-state index is -0.332. The van der Waals surface area contributed by atoms with E-state index in [-0.39, 0.29) is 23.1 Å². The van der Waals surface area contributed by atoms with Crippen molar-refractivity contribution in [1.82, 2.24) is 14.8 Å². The summed E-state index contributed by atoms with van der Waals surface area (Å²) in [5.41, 5.74) is 2.36. The first-order valence-electron chi connectivity index (χ1n) is 9.55. The quantitative estimate of drug-likeness (QED) is 0.765. The van der Waals surface area contributed by atoms with E-state index in [0.29, 0.717) is 13.1 Å². The second-order valence-corrected chi connectivity index (χ2v) is 6.96. The lowest BCUT2D eigenvalue weighted by Gasteiger charge is -2.39. The van der Waals surface area contributed by atoms with Crippen LogP contribution in [0.3, 0.4) is 0 Å². The van der Waals surface area contributed by atoms with Gasteiger partial charge < -0.3 is 9.88 Å². The Kier molecular flexibility index (Phi) is 5.35. The molecular weight excluding hydrogens is 350 g/mol. The monoisotopic (exact) mass is 373 g/mol. The smallest absolute Gasteiger partial charge is 0.260 e. The third kappa shape index (κ3) is 3.75. The van der Waals surface area contributed by atoms with Gasteiger partial charge in [0.2, 0.25) is 0 Å². The highest BCUT2D eigenvalue weighted by Crippen LogP contribution is 2.29. The summed E-state index contributed by atoms with van der Waals surface area (Å²) in [5, 5.41) is 0. The van der Waals surface area contributed by atoms with Crippen LogP contribution in [0.15, 0.2) is 83.8 Å². The van der Waals surface area contributed by atoms with Crippen LogP contribution in [-0.2, 0) is 0 Å². The Balaban J connectivity index is 1.53. The van der Waals surface area contributed by atoms with Gasteiger partial charge in [0.15, 0.2) is 0 Å². The molecule has 2 aromatic carbocycles. The average molecular weight is 373 g/mol. The van der Waals surface area contributed by atoms with Crippen LogP contribution < -0.4 is 5.56 Å². The first kappa shape index (κ1) is 18.2. The van der Waals surface area contributed by atoms with E-state index in [0.717, 1.165) is 13.1 Å². The zero-order chi connectivity index (χ0) is 19.3. The second kappa shape index (κ2) is 8.23. The zero-order valence-corrected chi connectivity index (χ0v) is 15.6. The molecule has 1 aliphatic rings. The molecule has 5 nitrogen and oxygen atoms in total. The number of hydrogen-bond donors (Lipinski definition) is 1. The Morgan fingerprint density at radius 3 is 1.89 bits per heavy atom. The number of aromatic amines is 1. The Morgan fingerprint density at radius 1 is 0.786 bits per heavy atom. The molecule has 2 heterocycles. The normalized spacial score (nSPS) is 15.0. The highest BCUT2D eigenvalue weighted by molar-refractivity contribution is 5.93. The van der Waals surface area contributed by atoms with Gasteiger partial charge in [0.25, 0.3) is 11.5 Å². The number of aromatic nitrogens is 1. The maximum Gasteiger partial charge on any atom is 0.260 e. The molecule has 0 aliphatic carbocycles. The molecule has 0 radical (unpaired) electrons. The highest BCUT2D eigenvalue weighted by atomic mass is 16.2. The minimum absolute atomic E-state index is 0.153. The molecule has 1 N–H and O–H groups in total. The molecule has 142 valence electrons. The van der Waals surface area contributed by atoms with Gasteiger partial charge in [0, 0.05) is 32.4 Å². The van der Waals surface area contributed by atoms with E-state index < -0.39 is 0 Å². The van der Waals surface area contributed by atoms with E-state index in [4.69, 9.17) is 0 Å². The van der Waals surface area contributed by atoms with Crippen molar-refractivity contribution >= 4 is 5.91 Å². The summed E-state index contributed by atoms with van der Waals surface area (Å²) >= 11 is 0. The van der Waals surface area contributed by atoms with Crippen molar-refractivity contribution in [2.24, 2.45) is 0 Å². The number of hydrogen-bond acceptors (Lipinski definition) is 3. The van der Waals surface area contributed by atoms with Crippen molar-refractivity contribution < 1.29 is 4.79 Å². The average Bonchev–Trinajstić information content (AvgIpc) is 2.76. The maximum atomic E-state index is 12.7. The predicted octanol–water partition coefficient (Wildman–Crippen LogP) is 2.92. The number of nitrogens with one attached hydrogen (secondary N) is 1. The maximum absolute atomic E-state index is 12.7. The molecule has 28 heavy (non-hydrogen) atoms. The van der Waals surface area contributed by atoms with E-state index in [9.17, 15) is 9.59 Å². The van der Waals surface area contributed by atoms with Gasteiger partial charge >= 0.3 is 0 Å². The molecule has 0 spiro atoms. The molecule has 1 saturated heterocycles. The van der Waals surface area contributed by atoms with Crippen LogP contribution in [0.25, 0.3) is 0 Å². The molecule has 1 fully saturated rings. The van der Waals surface area contributed by atoms with Crippen LogP contribution in [0.1, 0.15) is 27.5 Å². The zero-order valence-electron chi connectivity index (χ0n) is 15.6. The molecule has 0 bridgehead atoms. The van der Waals surface area contributed by atoms with E-state index >= 15 is 0 Å². The fourth-order valence-electron chi connectivity index (χ4n) is 3.83. The number of piperazine rings is 1. The molecule has 3 aromatic rings. The van der Waals surface area contributed by atoms with Gasteiger partial charge in [-0.15, -0.1) is 0 Å². The van der Waals surface area contributed by atoms with E-state index in [1.165, 1.54) is 11.1 Å². The number of H-pyrrole nitrogens is 1. The number of amides is 1. The van der Waals surface area contributed by atoms with Crippen molar-refractivity contribution in [3.8, 4) is 0 Å².